The van der Waals surface area contributed by atoms with Crippen molar-refractivity contribution >= 4 is 95.4 Å². The Bertz CT molecular complexity index is 1700. The Kier molecular flexibility index (Phi) is 13.4. The molecule has 5 amide bonds. The average Bonchev–Trinajstić information content (AvgIpc) is 3.85. The predicted molar refractivity (Wildman–Crippen MR) is 184 cm³/mol. The Labute approximate surface area is 285 Å². The minimum Gasteiger partial charge on any atom is -0.351 e. The zero-order valence-electron chi connectivity index (χ0n) is 25.5. The molecule has 47 heavy (non-hydrogen) atoms. The highest BCUT2D eigenvalue weighted by molar-refractivity contribution is 7.15. The van der Waals surface area contributed by atoms with Gasteiger partial charge < -0.3 is 21.3 Å². The van der Waals surface area contributed by atoms with Gasteiger partial charge in [0, 0.05) is 34.5 Å². The normalized spacial score (nSPS) is 10.9. The molecule has 7 N–H and O–H groups in total. The van der Waals surface area contributed by atoms with E-state index in [1.807, 2.05) is 19.0 Å². The third-order valence-electron chi connectivity index (χ3n) is 6.03. The van der Waals surface area contributed by atoms with Crippen LogP contribution >= 0.6 is 45.3 Å². The lowest BCUT2D eigenvalue weighted by atomic mass is 10.2. The second-order valence-electron chi connectivity index (χ2n) is 10.1. The largest absolute Gasteiger partial charge is 0.351 e. The molecule has 0 aliphatic heterocycles. The number of rotatable bonds is 17. The minimum atomic E-state index is -0.589. The molecule has 4 heterocycles. The van der Waals surface area contributed by atoms with Crippen LogP contribution in [0, 0.1) is 0 Å². The maximum absolute atomic E-state index is 12.7. The lowest BCUT2D eigenvalue weighted by molar-refractivity contribution is -0.116. The molecular weight excluding hydrogens is 687 g/mol. The topological polar surface area (TPSA) is 226 Å². The van der Waals surface area contributed by atoms with Crippen LogP contribution in [-0.2, 0) is 4.79 Å². The summed E-state index contributed by atoms with van der Waals surface area (Å²) in [4.78, 5) is 81.0. The lowest BCUT2D eigenvalue weighted by Gasteiger charge is -2.09. The van der Waals surface area contributed by atoms with Gasteiger partial charge in [0.25, 0.3) is 23.6 Å². The Hall–Kier alpha value is -4.21. The van der Waals surface area contributed by atoms with Gasteiger partial charge in [-0.25, -0.2) is 19.9 Å². The highest BCUT2D eigenvalue weighted by Gasteiger charge is 2.19. The smallest absolute Gasteiger partial charge is 0.276 e. The Morgan fingerprint density at radius 1 is 0.617 bits per heavy atom. The summed E-state index contributed by atoms with van der Waals surface area (Å²) in [6.45, 7) is 1.93. The summed E-state index contributed by atoms with van der Waals surface area (Å²) < 4.78 is 0. The third kappa shape index (κ3) is 11.2. The molecule has 0 aliphatic rings. The molecule has 0 fully saturated rings. The second kappa shape index (κ2) is 17.6. The van der Waals surface area contributed by atoms with Crippen LogP contribution < -0.4 is 32.3 Å². The first-order valence-electron chi connectivity index (χ1n) is 14.3. The molecular formula is C27H33N11O5S4. The number of hydrogen-bond donors (Lipinski definition) is 6. The summed E-state index contributed by atoms with van der Waals surface area (Å²) in [7, 11) is 3.91. The number of anilines is 4. The monoisotopic (exact) mass is 719 g/mol. The zero-order chi connectivity index (χ0) is 33.8. The first kappa shape index (κ1) is 35.6. The van der Waals surface area contributed by atoms with Crippen LogP contribution in [0.2, 0.25) is 0 Å². The van der Waals surface area contributed by atoms with Gasteiger partial charge in [-0.2, -0.15) is 0 Å². The van der Waals surface area contributed by atoms with Crippen LogP contribution in [0.5, 0.6) is 0 Å². The average molecular weight is 720 g/mol. The Morgan fingerprint density at radius 2 is 1.04 bits per heavy atom. The highest BCUT2D eigenvalue weighted by Crippen LogP contribution is 2.23. The van der Waals surface area contributed by atoms with E-state index in [0.717, 1.165) is 77.6 Å². The van der Waals surface area contributed by atoms with Gasteiger partial charge in [-0.3, -0.25) is 39.9 Å². The number of carbonyl (C=O) groups is 5. The van der Waals surface area contributed by atoms with Gasteiger partial charge in [0.15, 0.2) is 20.5 Å². The molecule has 0 radical (unpaired) electrons. The van der Waals surface area contributed by atoms with E-state index in [9.17, 15) is 24.0 Å². The number of nitrogens with zero attached hydrogens (tertiary/aromatic N) is 5. The van der Waals surface area contributed by atoms with Gasteiger partial charge in [-0.15, -0.1) is 45.3 Å². The summed E-state index contributed by atoms with van der Waals surface area (Å²) in [5.74, 6) is -2.20. The minimum absolute atomic E-state index is 0.0303. The number of carbonyl (C=O) groups excluding carboxylic acids is 5. The molecule has 4 aromatic rings. The summed E-state index contributed by atoms with van der Waals surface area (Å²) in [5, 5.41) is 20.1. The molecule has 0 bridgehead atoms. The summed E-state index contributed by atoms with van der Waals surface area (Å²) in [5.41, 5.74) is 5.83. The van der Waals surface area contributed by atoms with E-state index in [-0.39, 0.29) is 50.0 Å². The maximum Gasteiger partial charge on any atom is 0.276 e. The molecule has 0 saturated carbocycles. The molecule has 0 atom stereocenters. The van der Waals surface area contributed by atoms with Crippen molar-refractivity contribution in [3.8, 4) is 0 Å². The van der Waals surface area contributed by atoms with Crippen molar-refractivity contribution in [2.75, 3.05) is 55.0 Å². The second-order valence-corrected chi connectivity index (χ2v) is 13.5. The number of hydrogen-bond acceptors (Lipinski definition) is 15. The Balaban J connectivity index is 1.23. The van der Waals surface area contributed by atoms with E-state index < -0.39 is 17.7 Å². The molecule has 0 spiro atoms. The van der Waals surface area contributed by atoms with Crippen LogP contribution in [0.25, 0.3) is 0 Å². The van der Waals surface area contributed by atoms with Gasteiger partial charge in [-0.05, 0) is 46.4 Å². The fourth-order valence-electron chi connectivity index (χ4n) is 3.70. The molecule has 0 saturated heterocycles. The molecule has 0 aliphatic carbocycles. The number of amides is 5. The Morgan fingerprint density at radius 3 is 1.47 bits per heavy atom. The fourth-order valence-corrected chi connectivity index (χ4v) is 6.47. The van der Waals surface area contributed by atoms with Crippen molar-refractivity contribution in [2.24, 2.45) is 5.73 Å². The predicted octanol–water partition coefficient (Wildman–Crippen LogP) is 3.41. The van der Waals surface area contributed by atoms with E-state index >= 15 is 0 Å². The van der Waals surface area contributed by atoms with Crippen LogP contribution in [0.4, 0.5) is 20.5 Å². The van der Waals surface area contributed by atoms with Crippen molar-refractivity contribution in [3.63, 3.8) is 0 Å². The van der Waals surface area contributed by atoms with E-state index in [4.69, 9.17) is 5.73 Å². The molecule has 16 nitrogen and oxygen atoms in total. The number of nitrogens with one attached hydrogen (secondary N) is 5. The van der Waals surface area contributed by atoms with E-state index in [0.29, 0.717) is 24.6 Å². The van der Waals surface area contributed by atoms with Gasteiger partial charge in [0.05, 0.1) is 0 Å². The molecule has 0 aromatic carbocycles. The van der Waals surface area contributed by atoms with Crippen LogP contribution in [-0.4, -0.2) is 88.1 Å². The number of unbranched alkanes of at least 4 members (excludes halogenated alkanes) is 2. The molecule has 250 valence electrons. The third-order valence-corrected chi connectivity index (χ3v) is 9.06. The summed E-state index contributed by atoms with van der Waals surface area (Å²) in [6, 6.07) is 0. The van der Waals surface area contributed by atoms with Crippen LogP contribution in [0.1, 0.15) is 74.1 Å². The van der Waals surface area contributed by atoms with Crippen LogP contribution in [0.15, 0.2) is 21.5 Å². The van der Waals surface area contributed by atoms with Crippen molar-refractivity contribution in [1.29, 1.82) is 0 Å². The first-order valence-corrected chi connectivity index (χ1v) is 17.8. The molecule has 4 rings (SSSR count). The quantitative estimate of drug-likeness (QED) is 0.0867. The summed E-state index contributed by atoms with van der Waals surface area (Å²) >= 11 is 4.30. The van der Waals surface area contributed by atoms with Crippen molar-refractivity contribution in [3.05, 3.63) is 44.3 Å². The molecule has 4 aromatic heterocycles. The van der Waals surface area contributed by atoms with Crippen molar-refractivity contribution in [2.45, 2.75) is 32.1 Å². The lowest BCUT2D eigenvalue weighted by Crippen LogP contribution is -2.27. The number of nitrogens with two attached hydrogens (primary N) is 1. The number of aromatic nitrogens is 4. The maximum atomic E-state index is 12.7. The highest BCUT2D eigenvalue weighted by atomic mass is 32.1. The van der Waals surface area contributed by atoms with Crippen molar-refractivity contribution < 1.29 is 24.0 Å². The fraction of sp³-hybridized carbons (Fsp3) is 0.370. The van der Waals surface area contributed by atoms with Gasteiger partial charge in [0.2, 0.25) is 5.91 Å². The van der Waals surface area contributed by atoms with E-state index in [2.05, 4.69) is 46.5 Å². The van der Waals surface area contributed by atoms with E-state index in [1.54, 1.807) is 5.38 Å². The molecule has 0 unspecified atom stereocenters. The van der Waals surface area contributed by atoms with Gasteiger partial charge in [0.1, 0.15) is 22.8 Å². The SMILES string of the molecule is CN(C)CCCNC(=O)c1csc(NC(=O)c2csc(NC(=O)c3csc(NC(=O)c4csc(NC(=O)CCCCCN)n4)n3)n2)n1. The van der Waals surface area contributed by atoms with Crippen LogP contribution in [0.3, 0.4) is 0 Å². The van der Waals surface area contributed by atoms with Gasteiger partial charge in [-0.1, -0.05) is 6.42 Å². The van der Waals surface area contributed by atoms with E-state index in [1.165, 1.54) is 16.1 Å². The molecule has 20 heteroatoms. The van der Waals surface area contributed by atoms with Crippen molar-refractivity contribution in [1.82, 2.24) is 30.2 Å². The first-order chi connectivity index (χ1) is 22.6. The summed E-state index contributed by atoms with van der Waals surface area (Å²) in [6.07, 6.45) is 3.57. The standard InChI is InChI=1S/C27H33N11O5S4/c1-38(2)10-6-9-29-20(40)15-11-45-25(30-15)35-22(42)17-13-47-27(32-17)37-23(43)18-14-46-26(33-18)36-21(41)16-12-44-24(31-16)34-19(39)7-4-3-5-8-28/h11-14H,3-10,28H2,1-2H3,(H,29,40)(H,30,35,42)(H,31,34,39)(H,32,37,43)(H,33,36,41). The zero-order valence-corrected chi connectivity index (χ0v) is 28.7. The number of thiazole rings is 4. The van der Waals surface area contributed by atoms with Gasteiger partial charge >= 0.3 is 0 Å².